The lowest BCUT2D eigenvalue weighted by Crippen LogP contribution is -2.15. The second-order valence-electron chi connectivity index (χ2n) is 2.58. The lowest BCUT2D eigenvalue weighted by molar-refractivity contribution is -0.136. The molecule has 6 heteroatoms. The van der Waals surface area contributed by atoms with Crippen LogP contribution in [0.15, 0.2) is 11.5 Å². The zero-order valence-corrected chi connectivity index (χ0v) is 8.28. The fourth-order valence-electron chi connectivity index (χ4n) is 0.815. The first-order chi connectivity index (χ1) is 6.15. The molecule has 1 atom stereocenters. The van der Waals surface area contributed by atoms with Crippen LogP contribution in [0.1, 0.15) is 13.3 Å². The van der Waals surface area contributed by atoms with E-state index in [2.05, 4.69) is 10.2 Å². The largest absolute Gasteiger partial charge is 0.480 e. The number of thioether (sulfide) groups is 1. The smallest absolute Gasteiger partial charge is 0.317 e. The molecule has 0 saturated carbocycles. The van der Waals surface area contributed by atoms with Gasteiger partial charge < -0.3 is 9.67 Å². The molecule has 13 heavy (non-hydrogen) atoms. The van der Waals surface area contributed by atoms with E-state index in [-0.39, 0.29) is 0 Å². The van der Waals surface area contributed by atoms with Crippen LogP contribution in [0.4, 0.5) is 0 Å². The van der Waals surface area contributed by atoms with Crippen molar-refractivity contribution in [2.75, 3.05) is 0 Å². The summed E-state index contributed by atoms with van der Waals surface area (Å²) in [6.45, 7) is 1.84. The molecule has 0 aliphatic heterocycles. The number of aryl methyl sites for hydroxylation is 1. The lowest BCUT2D eigenvalue weighted by Gasteiger charge is -2.07. The van der Waals surface area contributed by atoms with Crippen molar-refractivity contribution in [2.45, 2.75) is 23.8 Å². The Labute approximate surface area is 80.2 Å². The molecule has 0 amide bonds. The fourth-order valence-corrected chi connectivity index (χ4v) is 1.64. The van der Waals surface area contributed by atoms with E-state index in [1.54, 1.807) is 17.9 Å². The number of hydrogen-bond acceptors (Lipinski definition) is 4. The summed E-state index contributed by atoms with van der Waals surface area (Å²) in [6.07, 6.45) is 2.13. The SMILES string of the molecule is CCC(Sc1nncn1C)C(=O)O. The number of nitrogens with zero attached hydrogens (tertiary/aromatic N) is 3. The quantitative estimate of drug-likeness (QED) is 0.729. The third-order valence-electron chi connectivity index (χ3n) is 1.56. The first-order valence-electron chi connectivity index (χ1n) is 3.88. The Balaban J connectivity index is 2.67. The fraction of sp³-hybridized carbons (Fsp3) is 0.571. The van der Waals surface area contributed by atoms with E-state index in [1.165, 1.54) is 11.8 Å². The number of carboxylic acid groups (broad SMARTS) is 1. The number of carbonyl (C=O) groups is 1. The first kappa shape index (κ1) is 10.0. The number of aliphatic carboxylic acids is 1. The van der Waals surface area contributed by atoms with Crippen LogP contribution in [0.5, 0.6) is 0 Å². The minimum atomic E-state index is -0.810. The van der Waals surface area contributed by atoms with Crippen LogP contribution in [0, 0.1) is 0 Å². The van der Waals surface area contributed by atoms with Crippen LogP contribution in [-0.2, 0) is 11.8 Å². The Hall–Kier alpha value is -1.04. The summed E-state index contributed by atoms with van der Waals surface area (Å²) in [7, 11) is 1.79. The summed E-state index contributed by atoms with van der Waals surface area (Å²) in [4.78, 5) is 10.7. The van der Waals surface area contributed by atoms with Crippen LogP contribution in [0.3, 0.4) is 0 Å². The molecule has 0 spiro atoms. The standard InChI is InChI=1S/C7H11N3O2S/c1-3-5(6(11)12)13-7-9-8-4-10(7)2/h4-5H,3H2,1-2H3,(H,11,12). The molecule has 0 fully saturated rings. The van der Waals surface area contributed by atoms with E-state index < -0.39 is 11.2 Å². The maximum atomic E-state index is 10.7. The average Bonchev–Trinajstić information content (AvgIpc) is 2.46. The van der Waals surface area contributed by atoms with E-state index in [9.17, 15) is 4.79 Å². The van der Waals surface area contributed by atoms with Crippen LogP contribution in [-0.4, -0.2) is 31.1 Å². The molecule has 0 radical (unpaired) electrons. The van der Waals surface area contributed by atoms with Crippen LogP contribution < -0.4 is 0 Å². The van der Waals surface area contributed by atoms with Gasteiger partial charge >= 0.3 is 5.97 Å². The molecule has 1 rings (SSSR count). The van der Waals surface area contributed by atoms with Crippen LogP contribution in [0.25, 0.3) is 0 Å². The number of hydrogen-bond donors (Lipinski definition) is 1. The monoisotopic (exact) mass is 201 g/mol. The third kappa shape index (κ3) is 2.45. The first-order valence-corrected chi connectivity index (χ1v) is 4.76. The predicted octanol–water partition coefficient (Wildman–Crippen LogP) is 0.770. The molecule has 0 aromatic carbocycles. The maximum absolute atomic E-state index is 10.7. The molecule has 72 valence electrons. The lowest BCUT2D eigenvalue weighted by atomic mass is 10.3. The molecule has 1 unspecified atom stereocenters. The highest BCUT2D eigenvalue weighted by molar-refractivity contribution is 8.00. The Kier molecular flexibility index (Phi) is 3.30. The summed E-state index contributed by atoms with van der Waals surface area (Å²) >= 11 is 1.22. The minimum Gasteiger partial charge on any atom is -0.480 e. The molecule has 1 aromatic rings. The second-order valence-corrected chi connectivity index (χ2v) is 3.75. The van der Waals surface area contributed by atoms with Gasteiger partial charge in [0, 0.05) is 7.05 Å². The summed E-state index contributed by atoms with van der Waals surface area (Å²) in [5, 5.41) is 16.4. The van der Waals surface area contributed by atoms with Crippen molar-refractivity contribution >= 4 is 17.7 Å². The Morgan fingerprint density at radius 3 is 2.92 bits per heavy atom. The number of rotatable bonds is 4. The number of carboxylic acids is 1. The van der Waals surface area contributed by atoms with Gasteiger partial charge in [0.1, 0.15) is 11.6 Å². The number of aromatic nitrogens is 3. The van der Waals surface area contributed by atoms with E-state index in [1.807, 2.05) is 6.92 Å². The van der Waals surface area contributed by atoms with Gasteiger partial charge in [-0.1, -0.05) is 18.7 Å². The minimum absolute atomic E-state index is 0.442. The summed E-state index contributed by atoms with van der Waals surface area (Å²) in [5.41, 5.74) is 0. The molecule has 0 aliphatic rings. The van der Waals surface area contributed by atoms with Gasteiger partial charge in [0.25, 0.3) is 0 Å². The second kappa shape index (κ2) is 4.27. The van der Waals surface area contributed by atoms with Gasteiger partial charge in [0.15, 0.2) is 5.16 Å². The van der Waals surface area contributed by atoms with Crippen molar-refractivity contribution in [2.24, 2.45) is 7.05 Å². The topological polar surface area (TPSA) is 68.0 Å². The van der Waals surface area contributed by atoms with Crippen molar-refractivity contribution in [3.05, 3.63) is 6.33 Å². The third-order valence-corrected chi connectivity index (χ3v) is 2.96. The van der Waals surface area contributed by atoms with E-state index >= 15 is 0 Å². The van der Waals surface area contributed by atoms with Crippen LogP contribution in [0.2, 0.25) is 0 Å². The maximum Gasteiger partial charge on any atom is 0.317 e. The Morgan fingerprint density at radius 1 is 1.85 bits per heavy atom. The zero-order valence-electron chi connectivity index (χ0n) is 7.47. The summed E-state index contributed by atoms with van der Waals surface area (Å²) in [5.74, 6) is -0.810. The Bertz CT molecular complexity index is 300. The highest BCUT2D eigenvalue weighted by atomic mass is 32.2. The molecule has 5 nitrogen and oxygen atoms in total. The van der Waals surface area contributed by atoms with Gasteiger partial charge in [-0.25, -0.2) is 0 Å². The molecular formula is C7H11N3O2S. The van der Waals surface area contributed by atoms with E-state index in [4.69, 9.17) is 5.11 Å². The molecule has 1 N–H and O–H groups in total. The van der Waals surface area contributed by atoms with E-state index in [0.29, 0.717) is 11.6 Å². The highest BCUT2D eigenvalue weighted by Gasteiger charge is 2.18. The van der Waals surface area contributed by atoms with E-state index in [0.717, 1.165) is 0 Å². The van der Waals surface area contributed by atoms with Crippen molar-refractivity contribution < 1.29 is 9.90 Å². The normalized spacial score (nSPS) is 12.8. The Morgan fingerprint density at radius 2 is 2.54 bits per heavy atom. The van der Waals surface area contributed by atoms with Gasteiger partial charge in [0.05, 0.1) is 0 Å². The van der Waals surface area contributed by atoms with Gasteiger partial charge in [-0.05, 0) is 6.42 Å². The molecule has 0 aliphatic carbocycles. The van der Waals surface area contributed by atoms with Gasteiger partial charge in [0.2, 0.25) is 0 Å². The summed E-state index contributed by atoms with van der Waals surface area (Å²) < 4.78 is 1.70. The average molecular weight is 201 g/mol. The van der Waals surface area contributed by atoms with Crippen molar-refractivity contribution in [3.63, 3.8) is 0 Å². The van der Waals surface area contributed by atoms with Crippen molar-refractivity contribution in [1.29, 1.82) is 0 Å². The zero-order chi connectivity index (χ0) is 9.84. The van der Waals surface area contributed by atoms with Crippen molar-refractivity contribution in [3.8, 4) is 0 Å². The van der Waals surface area contributed by atoms with Gasteiger partial charge in [-0.2, -0.15) is 0 Å². The molecule has 0 saturated heterocycles. The highest BCUT2D eigenvalue weighted by Crippen LogP contribution is 2.22. The molecule has 1 aromatic heterocycles. The predicted molar refractivity (Wildman–Crippen MR) is 48.6 cm³/mol. The summed E-state index contributed by atoms with van der Waals surface area (Å²) in [6, 6.07) is 0. The molecule has 1 heterocycles. The van der Waals surface area contributed by atoms with Gasteiger partial charge in [-0.15, -0.1) is 10.2 Å². The van der Waals surface area contributed by atoms with Crippen LogP contribution >= 0.6 is 11.8 Å². The molecular weight excluding hydrogens is 190 g/mol. The molecule has 0 bridgehead atoms. The van der Waals surface area contributed by atoms with Crippen molar-refractivity contribution in [1.82, 2.24) is 14.8 Å². The van der Waals surface area contributed by atoms with Gasteiger partial charge in [-0.3, -0.25) is 4.79 Å².